The van der Waals surface area contributed by atoms with Crippen molar-refractivity contribution >= 4 is 34.2 Å². The van der Waals surface area contributed by atoms with Crippen LogP contribution >= 0.6 is 0 Å². The minimum absolute atomic E-state index is 0.548. The molecule has 2 aromatic heterocycles. The number of aryl methyl sites for hydroxylation is 3. The third kappa shape index (κ3) is 3.60. The van der Waals surface area contributed by atoms with Gasteiger partial charge in [0.1, 0.15) is 5.82 Å². The molecule has 0 saturated heterocycles. The first-order chi connectivity index (χ1) is 13.1. The van der Waals surface area contributed by atoms with Crippen molar-refractivity contribution in [3.05, 3.63) is 65.4 Å². The van der Waals surface area contributed by atoms with E-state index in [0.717, 1.165) is 40.3 Å². The van der Waals surface area contributed by atoms with Gasteiger partial charge in [0.25, 0.3) is 0 Å². The zero-order valence-electron chi connectivity index (χ0n) is 15.7. The number of fused-ring (bicyclic) bond motifs is 1. The highest BCUT2D eigenvalue weighted by Gasteiger charge is 2.10. The molecule has 0 unspecified atom stereocenters. The summed E-state index contributed by atoms with van der Waals surface area (Å²) in [6, 6.07) is 16.2. The SMILES string of the molecule is CCc1ccc(Nc2nc(Nc3cc(C)[nH]n3)c3ccccc3n2)cc1C. The van der Waals surface area contributed by atoms with Gasteiger partial charge in [-0.25, -0.2) is 4.98 Å². The van der Waals surface area contributed by atoms with Crippen molar-refractivity contribution in [1.82, 2.24) is 20.2 Å². The maximum Gasteiger partial charge on any atom is 0.229 e. The van der Waals surface area contributed by atoms with E-state index in [-0.39, 0.29) is 0 Å². The Morgan fingerprint density at radius 1 is 0.963 bits per heavy atom. The Kier molecular flexibility index (Phi) is 4.46. The van der Waals surface area contributed by atoms with Crippen LogP contribution in [0.2, 0.25) is 0 Å². The van der Waals surface area contributed by atoms with Gasteiger partial charge < -0.3 is 10.6 Å². The van der Waals surface area contributed by atoms with Crippen LogP contribution in [0.15, 0.2) is 48.5 Å². The first-order valence-corrected chi connectivity index (χ1v) is 9.05. The molecule has 0 saturated carbocycles. The predicted molar refractivity (Wildman–Crippen MR) is 110 cm³/mol. The zero-order valence-corrected chi connectivity index (χ0v) is 15.7. The molecular formula is C21H22N6. The average molecular weight is 358 g/mol. The van der Waals surface area contributed by atoms with Crippen LogP contribution in [0.25, 0.3) is 10.9 Å². The molecule has 4 aromatic rings. The number of rotatable bonds is 5. The molecule has 4 rings (SSSR count). The second-order valence-electron chi connectivity index (χ2n) is 6.59. The molecule has 0 aliphatic heterocycles. The van der Waals surface area contributed by atoms with Gasteiger partial charge in [-0.2, -0.15) is 10.1 Å². The molecule has 0 atom stereocenters. The Morgan fingerprint density at radius 3 is 2.56 bits per heavy atom. The summed E-state index contributed by atoms with van der Waals surface area (Å²) >= 11 is 0. The highest BCUT2D eigenvalue weighted by Crippen LogP contribution is 2.26. The van der Waals surface area contributed by atoms with Gasteiger partial charge >= 0.3 is 0 Å². The highest BCUT2D eigenvalue weighted by atomic mass is 15.2. The maximum atomic E-state index is 4.69. The lowest BCUT2D eigenvalue weighted by Gasteiger charge is -2.12. The lowest BCUT2D eigenvalue weighted by atomic mass is 10.1. The molecule has 27 heavy (non-hydrogen) atoms. The summed E-state index contributed by atoms with van der Waals surface area (Å²) in [6.45, 7) is 6.25. The lowest BCUT2D eigenvalue weighted by Crippen LogP contribution is -2.03. The van der Waals surface area contributed by atoms with E-state index < -0.39 is 0 Å². The molecule has 0 amide bonds. The molecular weight excluding hydrogens is 336 g/mol. The number of hydrogen-bond acceptors (Lipinski definition) is 5. The normalized spacial score (nSPS) is 10.9. The Labute approximate surface area is 158 Å². The van der Waals surface area contributed by atoms with Crippen molar-refractivity contribution < 1.29 is 0 Å². The molecule has 0 radical (unpaired) electrons. The first kappa shape index (κ1) is 17.0. The van der Waals surface area contributed by atoms with Gasteiger partial charge in [-0.15, -0.1) is 0 Å². The van der Waals surface area contributed by atoms with Crippen LogP contribution in [-0.4, -0.2) is 20.2 Å². The van der Waals surface area contributed by atoms with Gasteiger partial charge in [0.05, 0.1) is 5.52 Å². The molecule has 2 heterocycles. The number of benzene rings is 2. The van der Waals surface area contributed by atoms with Gasteiger partial charge in [-0.05, 0) is 55.7 Å². The number of hydrogen-bond donors (Lipinski definition) is 3. The van der Waals surface area contributed by atoms with E-state index in [1.807, 2.05) is 37.3 Å². The van der Waals surface area contributed by atoms with Crippen molar-refractivity contribution in [3.8, 4) is 0 Å². The standard InChI is InChI=1S/C21H22N6/c1-4-15-9-10-16(11-13(15)2)22-21-23-18-8-6-5-7-17(18)20(25-21)24-19-12-14(3)26-27-19/h5-12H,4H2,1-3H3,(H3,22,23,24,25,26,27). The summed E-state index contributed by atoms with van der Waals surface area (Å²) in [5, 5.41) is 14.7. The van der Waals surface area contributed by atoms with Crippen molar-refractivity contribution in [2.45, 2.75) is 27.2 Å². The lowest BCUT2D eigenvalue weighted by molar-refractivity contribution is 1.05. The minimum Gasteiger partial charge on any atom is -0.324 e. The van der Waals surface area contributed by atoms with Crippen LogP contribution in [0.5, 0.6) is 0 Å². The molecule has 6 nitrogen and oxygen atoms in total. The fourth-order valence-electron chi connectivity index (χ4n) is 3.13. The number of aromatic nitrogens is 4. The Hall–Kier alpha value is -3.41. The molecule has 0 spiro atoms. The number of para-hydroxylation sites is 1. The molecule has 0 aliphatic carbocycles. The number of anilines is 4. The summed E-state index contributed by atoms with van der Waals surface area (Å²) in [7, 11) is 0. The van der Waals surface area contributed by atoms with E-state index in [1.54, 1.807) is 0 Å². The second kappa shape index (κ2) is 7.07. The summed E-state index contributed by atoms with van der Waals surface area (Å²) in [6.07, 6.45) is 1.02. The van der Waals surface area contributed by atoms with Crippen LogP contribution < -0.4 is 10.6 Å². The fourth-order valence-corrected chi connectivity index (χ4v) is 3.13. The molecule has 2 aromatic carbocycles. The van der Waals surface area contributed by atoms with E-state index in [4.69, 9.17) is 0 Å². The van der Waals surface area contributed by atoms with Crippen molar-refractivity contribution in [1.29, 1.82) is 0 Å². The van der Waals surface area contributed by atoms with Crippen LogP contribution in [0.3, 0.4) is 0 Å². The van der Waals surface area contributed by atoms with Crippen LogP contribution in [-0.2, 0) is 6.42 Å². The highest BCUT2D eigenvalue weighted by molar-refractivity contribution is 5.91. The fraction of sp³-hybridized carbons (Fsp3) is 0.190. The van der Waals surface area contributed by atoms with Gasteiger partial charge in [0.15, 0.2) is 5.82 Å². The van der Waals surface area contributed by atoms with Crippen molar-refractivity contribution in [2.75, 3.05) is 10.6 Å². The number of aromatic amines is 1. The maximum absolute atomic E-state index is 4.69. The Morgan fingerprint density at radius 2 is 1.81 bits per heavy atom. The third-order valence-corrected chi connectivity index (χ3v) is 4.54. The molecule has 3 N–H and O–H groups in total. The third-order valence-electron chi connectivity index (χ3n) is 4.54. The van der Waals surface area contributed by atoms with Gasteiger partial charge in [-0.3, -0.25) is 5.10 Å². The second-order valence-corrected chi connectivity index (χ2v) is 6.59. The average Bonchev–Trinajstić information content (AvgIpc) is 3.07. The summed E-state index contributed by atoms with van der Waals surface area (Å²) < 4.78 is 0. The van der Waals surface area contributed by atoms with Crippen molar-refractivity contribution in [2.24, 2.45) is 0 Å². The summed E-state index contributed by atoms with van der Waals surface area (Å²) in [5.74, 6) is 1.99. The molecule has 136 valence electrons. The monoisotopic (exact) mass is 358 g/mol. The van der Waals surface area contributed by atoms with Crippen LogP contribution in [0.4, 0.5) is 23.3 Å². The Bertz CT molecular complexity index is 1100. The zero-order chi connectivity index (χ0) is 18.8. The largest absolute Gasteiger partial charge is 0.324 e. The quantitative estimate of drug-likeness (QED) is 0.467. The summed E-state index contributed by atoms with van der Waals surface area (Å²) in [4.78, 5) is 9.35. The van der Waals surface area contributed by atoms with E-state index in [2.05, 4.69) is 62.8 Å². The van der Waals surface area contributed by atoms with Crippen LogP contribution in [0, 0.1) is 13.8 Å². The smallest absolute Gasteiger partial charge is 0.229 e. The summed E-state index contributed by atoms with van der Waals surface area (Å²) in [5.41, 5.74) is 5.43. The molecule has 0 aliphatic rings. The van der Waals surface area contributed by atoms with E-state index in [9.17, 15) is 0 Å². The van der Waals surface area contributed by atoms with E-state index in [0.29, 0.717) is 5.95 Å². The van der Waals surface area contributed by atoms with Gasteiger partial charge in [0.2, 0.25) is 5.95 Å². The van der Waals surface area contributed by atoms with Crippen LogP contribution in [0.1, 0.15) is 23.7 Å². The van der Waals surface area contributed by atoms with Gasteiger partial charge in [0, 0.05) is 22.8 Å². The van der Waals surface area contributed by atoms with E-state index in [1.165, 1.54) is 11.1 Å². The Balaban J connectivity index is 1.71. The number of H-pyrrole nitrogens is 1. The van der Waals surface area contributed by atoms with Gasteiger partial charge in [-0.1, -0.05) is 25.1 Å². The minimum atomic E-state index is 0.548. The predicted octanol–water partition coefficient (Wildman–Crippen LogP) is 5.02. The molecule has 6 heteroatoms. The topological polar surface area (TPSA) is 78.5 Å². The van der Waals surface area contributed by atoms with Crippen molar-refractivity contribution in [3.63, 3.8) is 0 Å². The van der Waals surface area contributed by atoms with E-state index >= 15 is 0 Å². The number of nitrogens with zero attached hydrogens (tertiary/aromatic N) is 3. The molecule has 0 fully saturated rings. The first-order valence-electron chi connectivity index (χ1n) is 9.05. The number of nitrogens with one attached hydrogen (secondary N) is 3. The molecule has 0 bridgehead atoms.